The van der Waals surface area contributed by atoms with Crippen LogP contribution in [0.3, 0.4) is 0 Å². The molecule has 3 heteroatoms. The zero-order valence-electron chi connectivity index (χ0n) is 8.14. The number of carbonyl (C=O) groups excluding carboxylic acids is 1. The van der Waals surface area contributed by atoms with E-state index in [0.29, 0.717) is 13.2 Å². The Kier molecular flexibility index (Phi) is 2.50. The number of anilines is 1. The fourth-order valence-corrected chi connectivity index (χ4v) is 1.59. The molecule has 1 saturated heterocycles. The number of para-hydroxylation sites is 1. The van der Waals surface area contributed by atoms with E-state index in [1.807, 2.05) is 30.3 Å². The van der Waals surface area contributed by atoms with Crippen LogP contribution >= 0.6 is 0 Å². The van der Waals surface area contributed by atoms with Crippen molar-refractivity contribution in [1.82, 2.24) is 0 Å². The lowest BCUT2D eigenvalue weighted by Gasteiger charge is -2.30. The number of rotatable bonds is 1. The lowest BCUT2D eigenvalue weighted by atomic mass is 10.2. The van der Waals surface area contributed by atoms with Crippen molar-refractivity contribution in [2.75, 3.05) is 18.1 Å². The van der Waals surface area contributed by atoms with Crippen LogP contribution in [0, 0.1) is 0 Å². The third-order valence-electron chi connectivity index (χ3n) is 2.36. The lowest BCUT2D eigenvalue weighted by molar-refractivity contribution is -0.132. The van der Waals surface area contributed by atoms with Gasteiger partial charge in [-0.3, -0.25) is 4.79 Å². The molecule has 1 fully saturated rings. The van der Waals surface area contributed by atoms with Crippen molar-refractivity contribution in [3.63, 3.8) is 0 Å². The number of nitrogens with zero attached hydrogens (tertiary/aromatic N) is 1. The smallest absolute Gasteiger partial charge is 0.255 e. The maximum atomic E-state index is 11.7. The molecule has 3 nitrogen and oxygen atoms in total. The first kappa shape index (κ1) is 9.21. The van der Waals surface area contributed by atoms with Gasteiger partial charge in [0.05, 0.1) is 6.61 Å². The van der Waals surface area contributed by atoms with Gasteiger partial charge in [0.1, 0.15) is 6.10 Å². The Morgan fingerprint density at radius 1 is 1.36 bits per heavy atom. The minimum Gasteiger partial charge on any atom is -0.367 e. The van der Waals surface area contributed by atoms with Crippen molar-refractivity contribution in [2.45, 2.75) is 13.0 Å². The van der Waals surface area contributed by atoms with E-state index < -0.39 is 0 Å². The van der Waals surface area contributed by atoms with Crippen molar-refractivity contribution >= 4 is 11.6 Å². The molecule has 1 amide bonds. The van der Waals surface area contributed by atoms with E-state index in [9.17, 15) is 4.79 Å². The van der Waals surface area contributed by atoms with Crippen LogP contribution in [0.4, 0.5) is 5.69 Å². The molecule has 0 spiro atoms. The average molecular weight is 191 g/mol. The van der Waals surface area contributed by atoms with Gasteiger partial charge in [0.15, 0.2) is 0 Å². The Morgan fingerprint density at radius 2 is 2.07 bits per heavy atom. The maximum absolute atomic E-state index is 11.7. The van der Waals surface area contributed by atoms with Gasteiger partial charge in [0.2, 0.25) is 0 Å². The van der Waals surface area contributed by atoms with Crippen LogP contribution in [0.25, 0.3) is 0 Å². The lowest BCUT2D eigenvalue weighted by Crippen LogP contribution is -2.46. The summed E-state index contributed by atoms with van der Waals surface area (Å²) in [7, 11) is 0. The maximum Gasteiger partial charge on any atom is 0.255 e. The first-order valence-electron chi connectivity index (χ1n) is 4.77. The Balaban J connectivity index is 2.22. The van der Waals surface area contributed by atoms with Gasteiger partial charge in [-0.2, -0.15) is 0 Å². The van der Waals surface area contributed by atoms with Gasteiger partial charge < -0.3 is 9.64 Å². The second kappa shape index (κ2) is 3.80. The van der Waals surface area contributed by atoms with Crippen LogP contribution in [-0.4, -0.2) is 25.2 Å². The molecule has 0 saturated carbocycles. The van der Waals surface area contributed by atoms with Crippen molar-refractivity contribution in [3.8, 4) is 0 Å². The van der Waals surface area contributed by atoms with Crippen LogP contribution in [0.1, 0.15) is 6.92 Å². The number of benzene rings is 1. The van der Waals surface area contributed by atoms with Gasteiger partial charge in [-0.05, 0) is 19.1 Å². The second-order valence-corrected chi connectivity index (χ2v) is 3.34. The first-order chi connectivity index (χ1) is 6.79. The Morgan fingerprint density at radius 3 is 2.79 bits per heavy atom. The van der Waals surface area contributed by atoms with Crippen LogP contribution in [0.2, 0.25) is 0 Å². The second-order valence-electron chi connectivity index (χ2n) is 3.34. The largest absolute Gasteiger partial charge is 0.367 e. The van der Waals surface area contributed by atoms with E-state index in [2.05, 4.69) is 0 Å². The van der Waals surface area contributed by atoms with Gasteiger partial charge in [-0.1, -0.05) is 18.2 Å². The van der Waals surface area contributed by atoms with Crippen molar-refractivity contribution in [3.05, 3.63) is 30.3 Å². The molecule has 74 valence electrons. The van der Waals surface area contributed by atoms with Crippen molar-refractivity contribution < 1.29 is 9.53 Å². The minimum atomic E-state index is -0.316. The van der Waals surface area contributed by atoms with Crippen LogP contribution in [0.5, 0.6) is 0 Å². The summed E-state index contributed by atoms with van der Waals surface area (Å²) in [5.74, 6) is 0.0439. The molecule has 1 aromatic carbocycles. The molecule has 1 atom stereocenters. The number of morpholine rings is 1. The highest BCUT2D eigenvalue weighted by atomic mass is 16.5. The summed E-state index contributed by atoms with van der Waals surface area (Å²) in [5.41, 5.74) is 0.952. The van der Waals surface area contributed by atoms with E-state index in [-0.39, 0.29) is 12.0 Å². The molecule has 0 N–H and O–H groups in total. The highest BCUT2D eigenvalue weighted by Crippen LogP contribution is 2.17. The zero-order chi connectivity index (χ0) is 9.97. The summed E-state index contributed by atoms with van der Waals surface area (Å²) < 4.78 is 5.25. The summed E-state index contributed by atoms with van der Waals surface area (Å²) in [6.45, 7) is 3.05. The molecule has 1 heterocycles. The normalized spacial score (nSPS) is 22.5. The molecule has 2 rings (SSSR count). The SMILES string of the molecule is C[C@H]1OCCN(c2ccccc2)C1=O. The van der Waals surface area contributed by atoms with E-state index in [4.69, 9.17) is 4.74 Å². The van der Waals surface area contributed by atoms with Gasteiger partial charge in [-0.15, -0.1) is 0 Å². The number of hydrogen-bond acceptors (Lipinski definition) is 2. The summed E-state index contributed by atoms with van der Waals surface area (Å²) in [6, 6.07) is 9.69. The summed E-state index contributed by atoms with van der Waals surface area (Å²) in [4.78, 5) is 13.5. The van der Waals surface area contributed by atoms with Gasteiger partial charge in [0.25, 0.3) is 5.91 Å². The topological polar surface area (TPSA) is 29.5 Å². The van der Waals surface area contributed by atoms with Crippen molar-refractivity contribution in [2.24, 2.45) is 0 Å². The number of ether oxygens (including phenoxy) is 1. The predicted octanol–water partition coefficient (Wildman–Crippen LogP) is 1.44. The summed E-state index contributed by atoms with van der Waals surface area (Å²) in [5, 5.41) is 0. The van der Waals surface area contributed by atoms with Gasteiger partial charge in [-0.25, -0.2) is 0 Å². The van der Waals surface area contributed by atoms with Crippen LogP contribution < -0.4 is 4.90 Å². The summed E-state index contributed by atoms with van der Waals surface area (Å²) in [6.07, 6.45) is -0.316. The molecule has 0 bridgehead atoms. The predicted molar refractivity (Wildman–Crippen MR) is 54.2 cm³/mol. The van der Waals surface area contributed by atoms with E-state index >= 15 is 0 Å². The Labute approximate surface area is 83.3 Å². The Hall–Kier alpha value is -1.35. The number of amides is 1. The van der Waals surface area contributed by atoms with Crippen LogP contribution in [0.15, 0.2) is 30.3 Å². The van der Waals surface area contributed by atoms with Gasteiger partial charge >= 0.3 is 0 Å². The quantitative estimate of drug-likeness (QED) is 0.672. The molecule has 0 aromatic heterocycles. The molecule has 0 aliphatic carbocycles. The monoisotopic (exact) mass is 191 g/mol. The molecule has 1 aliphatic heterocycles. The molecule has 1 aromatic rings. The average Bonchev–Trinajstić information content (AvgIpc) is 2.23. The molecule has 0 radical (unpaired) electrons. The zero-order valence-corrected chi connectivity index (χ0v) is 8.14. The van der Waals surface area contributed by atoms with E-state index in [1.165, 1.54) is 0 Å². The fraction of sp³-hybridized carbons (Fsp3) is 0.364. The Bertz CT molecular complexity index is 323. The molecular formula is C11H13NO2. The molecule has 0 unspecified atom stereocenters. The molecule has 14 heavy (non-hydrogen) atoms. The third kappa shape index (κ3) is 1.63. The highest BCUT2D eigenvalue weighted by Gasteiger charge is 2.26. The number of carbonyl (C=O) groups is 1. The highest BCUT2D eigenvalue weighted by molar-refractivity contribution is 5.96. The van der Waals surface area contributed by atoms with Crippen molar-refractivity contribution in [1.29, 1.82) is 0 Å². The summed E-state index contributed by atoms with van der Waals surface area (Å²) >= 11 is 0. The standard InChI is InChI=1S/C11H13NO2/c1-9-11(13)12(7-8-14-9)10-5-3-2-4-6-10/h2-6,9H,7-8H2,1H3/t9-/m1/s1. The van der Waals surface area contributed by atoms with Crippen LogP contribution in [-0.2, 0) is 9.53 Å². The van der Waals surface area contributed by atoms with E-state index in [1.54, 1.807) is 11.8 Å². The molecule has 1 aliphatic rings. The van der Waals surface area contributed by atoms with Gasteiger partial charge in [0, 0.05) is 12.2 Å². The molecular weight excluding hydrogens is 178 g/mol. The van der Waals surface area contributed by atoms with E-state index in [0.717, 1.165) is 5.69 Å². The fourth-order valence-electron chi connectivity index (χ4n) is 1.59. The first-order valence-corrected chi connectivity index (χ1v) is 4.77. The number of hydrogen-bond donors (Lipinski definition) is 0. The minimum absolute atomic E-state index is 0.0439. The third-order valence-corrected chi connectivity index (χ3v) is 2.36.